The molecule has 4 nitrogen and oxygen atoms in total. The molecule has 4 heteroatoms. The quantitative estimate of drug-likeness (QED) is 0.791. The van der Waals surface area contributed by atoms with Gasteiger partial charge in [0.15, 0.2) is 5.69 Å². The smallest absolute Gasteiger partial charge is 0.166 e. The Morgan fingerprint density at radius 1 is 0.696 bits per heavy atom. The van der Waals surface area contributed by atoms with Crippen LogP contribution in [0, 0.1) is 0 Å². The minimum absolute atomic E-state index is 0.730. The SMILES string of the molecule is c1ccc(C2=NN(c3ccccc3)[NH+](c3ccccc3)[N-]2)cc1. The molecule has 112 valence electrons. The van der Waals surface area contributed by atoms with Crippen molar-refractivity contribution in [2.75, 3.05) is 5.12 Å². The fourth-order valence-electron chi connectivity index (χ4n) is 2.54. The van der Waals surface area contributed by atoms with Crippen LogP contribution in [-0.2, 0) is 0 Å². The van der Waals surface area contributed by atoms with E-state index in [0.717, 1.165) is 27.9 Å². The molecular weight excluding hydrogens is 284 g/mol. The van der Waals surface area contributed by atoms with E-state index in [4.69, 9.17) is 10.5 Å². The molecular formula is C19H16N4. The van der Waals surface area contributed by atoms with Crippen LogP contribution in [0.2, 0.25) is 0 Å². The number of rotatable bonds is 3. The normalized spacial score (nSPS) is 16.8. The maximum atomic E-state index is 4.78. The van der Waals surface area contributed by atoms with Crippen LogP contribution in [0.1, 0.15) is 5.56 Å². The van der Waals surface area contributed by atoms with E-state index < -0.39 is 0 Å². The van der Waals surface area contributed by atoms with Crippen LogP contribution < -0.4 is 10.2 Å². The molecule has 0 fully saturated rings. The van der Waals surface area contributed by atoms with Gasteiger partial charge in [-0.15, -0.1) is 0 Å². The Kier molecular flexibility index (Phi) is 3.50. The van der Waals surface area contributed by atoms with Crippen LogP contribution in [0.5, 0.6) is 0 Å². The highest BCUT2D eigenvalue weighted by atomic mass is 15.9. The Morgan fingerprint density at radius 3 is 1.91 bits per heavy atom. The highest BCUT2D eigenvalue weighted by Crippen LogP contribution is 2.19. The molecule has 23 heavy (non-hydrogen) atoms. The van der Waals surface area contributed by atoms with Gasteiger partial charge in [0.2, 0.25) is 0 Å². The van der Waals surface area contributed by atoms with Crippen LogP contribution >= 0.6 is 0 Å². The summed E-state index contributed by atoms with van der Waals surface area (Å²) < 4.78 is 0. The first-order chi connectivity index (χ1) is 11.4. The van der Waals surface area contributed by atoms with Crippen molar-refractivity contribution in [1.82, 2.24) is 0 Å². The Hall–Kier alpha value is -3.11. The zero-order valence-electron chi connectivity index (χ0n) is 12.5. The second-order valence-electron chi connectivity index (χ2n) is 5.24. The predicted molar refractivity (Wildman–Crippen MR) is 92.3 cm³/mol. The Bertz CT molecular complexity index is 801. The van der Waals surface area contributed by atoms with E-state index in [1.54, 1.807) is 0 Å². The highest BCUT2D eigenvalue weighted by Gasteiger charge is 2.23. The van der Waals surface area contributed by atoms with Gasteiger partial charge in [0, 0.05) is 18.0 Å². The average molecular weight is 300 g/mol. The molecule has 0 saturated heterocycles. The van der Waals surface area contributed by atoms with E-state index in [0.29, 0.717) is 0 Å². The summed E-state index contributed by atoms with van der Waals surface area (Å²) in [6.07, 6.45) is 0. The zero-order valence-corrected chi connectivity index (χ0v) is 12.5. The van der Waals surface area contributed by atoms with Gasteiger partial charge >= 0.3 is 0 Å². The average Bonchev–Trinajstić information content (AvgIpc) is 3.09. The van der Waals surface area contributed by atoms with Gasteiger partial charge in [0.25, 0.3) is 0 Å². The van der Waals surface area contributed by atoms with E-state index >= 15 is 0 Å². The molecule has 0 aromatic heterocycles. The van der Waals surface area contributed by atoms with Crippen LogP contribution in [0.15, 0.2) is 96.1 Å². The number of quaternary nitrogens is 1. The molecule has 1 atom stereocenters. The van der Waals surface area contributed by atoms with Crippen LogP contribution in [0.25, 0.3) is 5.43 Å². The van der Waals surface area contributed by atoms with Gasteiger partial charge in [0.05, 0.1) is 5.69 Å². The molecule has 1 N–H and O–H groups in total. The Morgan fingerprint density at radius 2 is 1.26 bits per heavy atom. The summed E-state index contributed by atoms with van der Waals surface area (Å²) in [6, 6.07) is 30.3. The standard InChI is InChI=1S/C19H16N4/c1-4-10-16(11-5-1)19-20-22(17-12-6-2-7-13-17)23(21-19)18-14-8-3-9-15-18/h1-15,22H. The Labute approximate surface area is 135 Å². The van der Waals surface area contributed by atoms with E-state index in [1.807, 2.05) is 84.0 Å². The number of hydrogen-bond donors (Lipinski definition) is 1. The summed E-state index contributed by atoms with van der Waals surface area (Å²) in [4.78, 5) is 0. The van der Waals surface area contributed by atoms with Gasteiger partial charge in [-0.2, -0.15) is 10.2 Å². The second kappa shape index (κ2) is 5.94. The number of hydrogen-bond acceptors (Lipinski definition) is 2. The number of hydrazone groups is 1. The molecule has 0 spiro atoms. The van der Waals surface area contributed by atoms with Crippen molar-refractivity contribution in [3.05, 3.63) is 102 Å². The molecule has 0 radical (unpaired) electrons. The molecule has 1 unspecified atom stereocenters. The lowest BCUT2D eigenvalue weighted by atomic mass is 10.2. The summed E-state index contributed by atoms with van der Waals surface area (Å²) in [5.74, 6) is 0.730. The van der Waals surface area contributed by atoms with Crippen molar-refractivity contribution in [3.8, 4) is 0 Å². The molecule has 4 rings (SSSR count). The van der Waals surface area contributed by atoms with Crippen molar-refractivity contribution in [2.24, 2.45) is 5.10 Å². The molecule has 0 saturated carbocycles. The third kappa shape index (κ3) is 2.67. The van der Waals surface area contributed by atoms with Gasteiger partial charge < -0.3 is 5.10 Å². The molecule has 0 bridgehead atoms. The van der Waals surface area contributed by atoms with Crippen molar-refractivity contribution < 1.29 is 5.12 Å². The second-order valence-corrected chi connectivity index (χ2v) is 5.24. The van der Waals surface area contributed by atoms with Gasteiger partial charge in [-0.3, -0.25) is 0 Å². The molecule has 3 aromatic carbocycles. The van der Waals surface area contributed by atoms with Crippen LogP contribution in [0.3, 0.4) is 0 Å². The van der Waals surface area contributed by atoms with E-state index in [-0.39, 0.29) is 0 Å². The third-order valence-electron chi connectivity index (χ3n) is 3.67. The van der Waals surface area contributed by atoms with Gasteiger partial charge in [-0.1, -0.05) is 66.7 Å². The van der Waals surface area contributed by atoms with Gasteiger partial charge in [0.1, 0.15) is 0 Å². The molecule has 1 heterocycles. The Balaban J connectivity index is 1.75. The van der Waals surface area contributed by atoms with Crippen molar-refractivity contribution in [1.29, 1.82) is 0 Å². The van der Waals surface area contributed by atoms with Crippen molar-refractivity contribution in [3.63, 3.8) is 0 Å². The summed E-state index contributed by atoms with van der Waals surface area (Å²) in [5.41, 5.74) is 7.84. The van der Waals surface area contributed by atoms with Crippen LogP contribution in [0.4, 0.5) is 11.4 Å². The fourth-order valence-corrected chi connectivity index (χ4v) is 2.54. The van der Waals surface area contributed by atoms with E-state index in [9.17, 15) is 0 Å². The summed E-state index contributed by atoms with van der Waals surface area (Å²) >= 11 is 0. The number of nitrogens with zero attached hydrogens (tertiary/aromatic N) is 3. The lowest BCUT2D eigenvalue weighted by Gasteiger charge is -2.27. The third-order valence-corrected chi connectivity index (χ3v) is 3.67. The number of nitrogens with one attached hydrogen (secondary N) is 1. The van der Waals surface area contributed by atoms with Crippen LogP contribution in [-0.4, -0.2) is 5.84 Å². The minimum Gasteiger partial charge on any atom is -0.319 e. The predicted octanol–water partition coefficient (Wildman–Crippen LogP) is 3.29. The first-order valence-corrected chi connectivity index (χ1v) is 7.55. The molecule has 0 aliphatic carbocycles. The zero-order chi connectivity index (χ0) is 15.5. The largest absolute Gasteiger partial charge is 0.319 e. The van der Waals surface area contributed by atoms with Gasteiger partial charge in [-0.25, -0.2) is 5.43 Å². The lowest BCUT2D eigenvalue weighted by Crippen LogP contribution is -3.08. The van der Waals surface area contributed by atoms with Crippen molar-refractivity contribution >= 4 is 17.2 Å². The highest BCUT2D eigenvalue weighted by molar-refractivity contribution is 6.07. The van der Waals surface area contributed by atoms with E-state index in [1.165, 1.54) is 0 Å². The fraction of sp³-hybridized carbons (Fsp3) is 0. The first kappa shape index (κ1) is 13.5. The van der Waals surface area contributed by atoms with E-state index in [2.05, 4.69) is 12.1 Å². The molecule has 1 aliphatic heterocycles. The molecule has 0 amide bonds. The number of benzene rings is 3. The first-order valence-electron chi connectivity index (χ1n) is 7.55. The summed E-state index contributed by atoms with van der Waals surface area (Å²) in [7, 11) is 0. The lowest BCUT2D eigenvalue weighted by molar-refractivity contribution is -0.792. The number of anilines is 1. The molecule has 3 aromatic rings. The maximum Gasteiger partial charge on any atom is 0.166 e. The molecule has 1 aliphatic rings. The summed E-state index contributed by atoms with van der Waals surface area (Å²) in [5, 5.41) is 7.48. The monoisotopic (exact) mass is 300 g/mol. The minimum atomic E-state index is 0.730. The summed E-state index contributed by atoms with van der Waals surface area (Å²) in [6.45, 7) is 0. The topological polar surface area (TPSA) is 34.1 Å². The number of amidine groups is 1. The van der Waals surface area contributed by atoms with Gasteiger partial charge in [-0.05, 0) is 17.7 Å². The van der Waals surface area contributed by atoms with Crippen molar-refractivity contribution in [2.45, 2.75) is 0 Å². The number of para-hydroxylation sites is 1. The maximum absolute atomic E-state index is 4.78.